The number of rotatable bonds is 9. The Kier molecular flexibility index (Phi) is 7.26. The molecule has 0 radical (unpaired) electrons. The van der Waals surface area contributed by atoms with Gasteiger partial charge in [-0.15, -0.1) is 17.9 Å². The number of thiazole rings is 1. The Labute approximate surface area is 206 Å². The molecule has 35 heavy (non-hydrogen) atoms. The molecule has 1 aliphatic rings. The van der Waals surface area contributed by atoms with Crippen LogP contribution in [0.25, 0.3) is 11.1 Å². The number of alkyl carbamates (subject to hydrolysis) is 1. The molecule has 1 unspecified atom stereocenters. The molecule has 2 amide bonds. The number of hydrogen-bond donors (Lipinski definition) is 3. The van der Waals surface area contributed by atoms with E-state index in [2.05, 4.69) is 34.3 Å². The zero-order valence-corrected chi connectivity index (χ0v) is 19.9. The largest absolute Gasteiger partial charge is 0.477 e. The van der Waals surface area contributed by atoms with Crippen LogP contribution in [-0.2, 0) is 16.1 Å². The molecule has 2 aromatic carbocycles. The standard InChI is InChI=1S/C26H25N3O5S/c1-3-8-21(24(30)27-13-22-28-15(2)23(35-22)25(31)32)29-26(33)34-14-20-18-11-6-4-9-16(18)17-10-5-7-12-19(17)20/h3-7,9-12,20-21H,1,8,13-14H2,2H3,(H,27,30)(H,29,33)(H,31,32). The van der Waals surface area contributed by atoms with Crippen LogP contribution in [0.5, 0.6) is 0 Å². The number of fused-ring (bicyclic) bond motifs is 3. The van der Waals surface area contributed by atoms with E-state index < -0.39 is 24.0 Å². The summed E-state index contributed by atoms with van der Waals surface area (Å²) in [5, 5.41) is 14.9. The van der Waals surface area contributed by atoms with Gasteiger partial charge in [-0.25, -0.2) is 14.6 Å². The maximum atomic E-state index is 12.7. The summed E-state index contributed by atoms with van der Waals surface area (Å²) < 4.78 is 5.53. The van der Waals surface area contributed by atoms with Crippen molar-refractivity contribution >= 4 is 29.3 Å². The van der Waals surface area contributed by atoms with Crippen molar-refractivity contribution in [1.82, 2.24) is 15.6 Å². The number of aromatic carboxylic acids is 1. The van der Waals surface area contributed by atoms with Crippen LogP contribution in [0.3, 0.4) is 0 Å². The van der Waals surface area contributed by atoms with Gasteiger partial charge in [-0.2, -0.15) is 0 Å². The molecule has 0 aliphatic heterocycles. The molecule has 3 aromatic rings. The molecule has 9 heteroatoms. The molecule has 3 N–H and O–H groups in total. The third kappa shape index (κ3) is 5.25. The highest BCUT2D eigenvalue weighted by atomic mass is 32.1. The summed E-state index contributed by atoms with van der Waals surface area (Å²) >= 11 is 1.00. The van der Waals surface area contributed by atoms with Crippen molar-refractivity contribution in [2.75, 3.05) is 6.61 Å². The maximum Gasteiger partial charge on any atom is 0.407 e. The van der Waals surface area contributed by atoms with Crippen LogP contribution in [0.1, 0.15) is 43.8 Å². The number of amides is 2. The lowest BCUT2D eigenvalue weighted by molar-refractivity contribution is -0.123. The van der Waals surface area contributed by atoms with Crippen molar-refractivity contribution in [3.8, 4) is 11.1 Å². The molecule has 8 nitrogen and oxygen atoms in total. The lowest BCUT2D eigenvalue weighted by Gasteiger charge is -2.18. The van der Waals surface area contributed by atoms with Crippen molar-refractivity contribution in [2.24, 2.45) is 0 Å². The van der Waals surface area contributed by atoms with Gasteiger partial charge in [-0.1, -0.05) is 54.6 Å². The monoisotopic (exact) mass is 491 g/mol. The molecular weight excluding hydrogens is 466 g/mol. The van der Waals surface area contributed by atoms with Gasteiger partial charge in [0.05, 0.1) is 12.2 Å². The minimum absolute atomic E-state index is 0.0532. The summed E-state index contributed by atoms with van der Waals surface area (Å²) in [7, 11) is 0. The molecule has 4 rings (SSSR count). The van der Waals surface area contributed by atoms with Crippen LogP contribution in [0.15, 0.2) is 61.2 Å². The smallest absolute Gasteiger partial charge is 0.407 e. The molecular formula is C26H25N3O5S. The first kappa shape index (κ1) is 24.2. The van der Waals surface area contributed by atoms with E-state index in [1.54, 1.807) is 6.92 Å². The zero-order chi connectivity index (χ0) is 24.9. The van der Waals surface area contributed by atoms with Crippen LogP contribution in [0, 0.1) is 6.92 Å². The second-order valence-electron chi connectivity index (χ2n) is 8.09. The number of hydrogen-bond acceptors (Lipinski definition) is 6. The number of ether oxygens (including phenoxy) is 1. The Morgan fingerprint density at radius 3 is 2.34 bits per heavy atom. The molecule has 0 spiro atoms. The fourth-order valence-corrected chi connectivity index (χ4v) is 5.04. The van der Waals surface area contributed by atoms with E-state index in [4.69, 9.17) is 9.84 Å². The summed E-state index contributed by atoms with van der Waals surface area (Å²) in [5.74, 6) is -1.58. The van der Waals surface area contributed by atoms with Gasteiger partial charge < -0.3 is 20.5 Å². The number of nitrogens with zero attached hydrogens (tertiary/aromatic N) is 1. The van der Waals surface area contributed by atoms with Crippen molar-refractivity contribution < 1.29 is 24.2 Å². The fraction of sp³-hybridized carbons (Fsp3) is 0.231. The SMILES string of the molecule is C=CCC(NC(=O)OCC1c2ccccc2-c2ccccc21)C(=O)NCc1nc(C)c(C(=O)O)s1. The number of benzene rings is 2. The first-order valence-corrected chi connectivity index (χ1v) is 11.9. The van der Waals surface area contributed by atoms with Gasteiger partial charge in [-0.3, -0.25) is 4.79 Å². The highest BCUT2D eigenvalue weighted by molar-refractivity contribution is 7.13. The Morgan fingerprint density at radius 2 is 1.77 bits per heavy atom. The Balaban J connectivity index is 1.36. The fourth-order valence-electron chi connectivity index (χ4n) is 4.19. The van der Waals surface area contributed by atoms with Crippen molar-refractivity contribution in [3.05, 3.63) is 87.9 Å². The topological polar surface area (TPSA) is 118 Å². The van der Waals surface area contributed by atoms with E-state index >= 15 is 0 Å². The molecule has 180 valence electrons. The van der Waals surface area contributed by atoms with Crippen molar-refractivity contribution in [3.63, 3.8) is 0 Å². The minimum atomic E-state index is -1.06. The summed E-state index contributed by atoms with van der Waals surface area (Å²) in [6, 6.07) is 15.2. The summed E-state index contributed by atoms with van der Waals surface area (Å²) in [6.07, 6.45) is 1.03. The number of carbonyl (C=O) groups excluding carboxylic acids is 2. The highest BCUT2D eigenvalue weighted by Gasteiger charge is 2.29. The third-order valence-electron chi connectivity index (χ3n) is 5.80. The van der Waals surface area contributed by atoms with Gasteiger partial charge in [0.2, 0.25) is 5.91 Å². The average Bonchev–Trinajstić information content (AvgIpc) is 3.38. The highest BCUT2D eigenvalue weighted by Crippen LogP contribution is 2.44. The van der Waals surface area contributed by atoms with Gasteiger partial charge in [0.25, 0.3) is 0 Å². The predicted octanol–water partition coefficient (Wildman–Crippen LogP) is 4.25. The predicted molar refractivity (Wildman–Crippen MR) is 132 cm³/mol. The minimum Gasteiger partial charge on any atom is -0.477 e. The second kappa shape index (κ2) is 10.5. The lowest BCUT2D eigenvalue weighted by Crippen LogP contribution is -2.46. The van der Waals surface area contributed by atoms with E-state index in [1.165, 1.54) is 6.08 Å². The Morgan fingerprint density at radius 1 is 1.14 bits per heavy atom. The first-order valence-electron chi connectivity index (χ1n) is 11.1. The molecule has 0 fully saturated rings. The van der Waals surface area contributed by atoms with E-state index in [1.807, 2.05) is 36.4 Å². The van der Waals surface area contributed by atoms with E-state index in [-0.39, 0.29) is 30.4 Å². The average molecular weight is 492 g/mol. The molecule has 1 aliphatic carbocycles. The number of aromatic nitrogens is 1. The van der Waals surface area contributed by atoms with E-state index in [9.17, 15) is 14.4 Å². The second-order valence-corrected chi connectivity index (χ2v) is 9.18. The summed E-state index contributed by atoms with van der Waals surface area (Å²) in [5.41, 5.74) is 4.85. The number of carbonyl (C=O) groups is 3. The molecule has 0 saturated heterocycles. The molecule has 0 bridgehead atoms. The van der Waals surface area contributed by atoms with Gasteiger partial charge in [0, 0.05) is 5.92 Å². The number of carboxylic acid groups (broad SMARTS) is 1. The van der Waals surface area contributed by atoms with Crippen LogP contribution in [0.4, 0.5) is 4.79 Å². The summed E-state index contributed by atoms with van der Waals surface area (Å²) in [4.78, 5) is 40.8. The number of aryl methyl sites for hydroxylation is 1. The maximum absolute atomic E-state index is 12.7. The zero-order valence-electron chi connectivity index (χ0n) is 19.1. The van der Waals surface area contributed by atoms with Gasteiger partial charge in [0.1, 0.15) is 22.5 Å². The third-order valence-corrected chi connectivity index (χ3v) is 6.95. The Bertz CT molecular complexity index is 1240. The van der Waals surface area contributed by atoms with Gasteiger partial charge in [0.15, 0.2) is 0 Å². The summed E-state index contributed by atoms with van der Waals surface area (Å²) in [6.45, 7) is 5.45. The van der Waals surface area contributed by atoms with Crippen LogP contribution < -0.4 is 10.6 Å². The molecule has 1 atom stereocenters. The Hall–Kier alpha value is -3.98. The van der Waals surface area contributed by atoms with Crippen molar-refractivity contribution in [2.45, 2.75) is 31.8 Å². The number of carboxylic acids is 1. The van der Waals surface area contributed by atoms with Gasteiger partial charge >= 0.3 is 12.1 Å². The van der Waals surface area contributed by atoms with Crippen LogP contribution in [-0.4, -0.2) is 40.7 Å². The van der Waals surface area contributed by atoms with E-state index in [0.717, 1.165) is 33.6 Å². The molecule has 1 aromatic heterocycles. The molecule has 1 heterocycles. The van der Waals surface area contributed by atoms with E-state index in [0.29, 0.717) is 10.7 Å². The number of nitrogens with one attached hydrogen (secondary N) is 2. The van der Waals surface area contributed by atoms with Crippen LogP contribution in [0.2, 0.25) is 0 Å². The normalized spacial score (nSPS) is 12.8. The first-order chi connectivity index (χ1) is 16.9. The van der Waals surface area contributed by atoms with Crippen LogP contribution >= 0.6 is 11.3 Å². The molecule has 0 saturated carbocycles. The lowest BCUT2D eigenvalue weighted by atomic mass is 9.98. The van der Waals surface area contributed by atoms with Gasteiger partial charge in [-0.05, 0) is 35.6 Å². The van der Waals surface area contributed by atoms with Crippen molar-refractivity contribution in [1.29, 1.82) is 0 Å². The quantitative estimate of drug-likeness (QED) is 0.385.